The van der Waals surface area contributed by atoms with Crippen LogP contribution in [0, 0.1) is 0 Å². The Morgan fingerprint density at radius 1 is 1.20 bits per heavy atom. The molecule has 1 aromatic rings. The summed E-state index contributed by atoms with van der Waals surface area (Å²) in [6.45, 7) is 5.71. The van der Waals surface area contributed by atoms with E-state index in [-0.39, 0.29) is 0 Å². The Balaban J connectivity index is 2.04. The predicted molar refractivity (Wildman–Crippen MR) is 83.3 cm³/mol. The monoisotopic (exact) mass is 277 g/mol. The maximum absolute atomic E-state index is 5.49. The lowest BCUT2D eigenvalue weighted by molar-refractivity contribution is 0.249. The van der Waals surface area contributed by atoms with Crippen LogP contribution in [0.1, 0.15) is 18.0 Å². The third kappa shape index (κ3) is 3.95. The van der Waals surface area contributed by atoms with Crippen LogP contribution in [-0.2, 0) is 0 Å². The summed E-state index contributed by atoms with van der Waals surface area (Å²) in [7, 11) is 5.98. The van der Waals surface area contributed by atoms with Gasteiger partial charge in [-0.25, -0.2) is 0 Å². The Morgan fingerprint density at radius 3 is 2.75 bits per heavy atom. The van der Waals surface area contributed by atoms with E-state index in [9.17, 15) is 0 Å². The van der Waals surface area contributed by atoms with Crippen LogP contribution in [0.5, 0.6) is 5.75 Å². The highest BCUT2D eigenvalue weighted by atomic mass is 16.5. The molecule has 1 aliphatic rings. The normalized spacial score (nSPS) is 19.6. The first-order chi connectivity index (χ1) is 9.74. The standard InChI is InChI=1S/C16H27N3O/c1-17-15(14-7-4-5-8-16(14)20-3)13-19-10-6-9-18(2)11-12-19/h4-5,7-8,15,17H,6,9-13H2,1-3H3. The van der Waals surface area contributed by atoms with Crippen LogP contribution in [0.4, 0.5) is 0 Å². The Kier molecular flexibility index (Phi) is 5.83. The average Bonchev–Trinajstić information content (AvgIpc) is 2.69. The molecule has 112 valence electrons. The van der Waals surface area contributed by atoms with Crippen molar-refractivity contribution in [2.45, 2.75) is 12.5 Å². The molecule has 0 radical (unpaired) electrons. The second-order valence-corrected chi connectivity index (χ2v) is 5.54. The third-order valence-corrected chi connectivity index (χ3v) is 4.12. The van der Waals surface area contributed by atoms with Gasteiger partial charge < -0.3 is 19.9 Å². The van der Waals surface area contributed by atoms with E-state index in [1.54, 1.807) is 7.11 Å². The molecule has 0 amide bonds. The van der Waals surface area contributed by atoms with Crippen LogP contribution in [0.25, 0.3) is 0 Å². The average molecular weight is 277 g/mol. The summed E-state index contributed by atoms with van der Waals surface area (Å²) in [5.41, 5.74) is 1.25. The number of para-hydroxylation sites is 1. The molecule has 1 unspecified atom stereocenters. The van der Waals surface area contributed by atoms with E-state index in [1.807, 2.05) is 19.2 Å². The highest BCUT2D eigenvalue weighted by Crippen LogP contribution is 2.25. The highest BCUT2D eigenvalue weighted by molar-refractivity contribution is 5.36. The summed E-state index contributed by atoms with van der Waals surface area (Å²) in [4.78, 5) is 4.97. The minimum atomic E-state index is 0.314. The molecule has 2 rings (SSSR count). The molecule has 0 saturated carbocycles. The van der Waals surface area contributed by atoms with Gasteiger partial charge >= 0.3 is 0 Å². The van der Waals surface area contributed by atoms with Crippen molar-refractivity contribution in [1.29, 1.82) is 0 Å². The first kappa shape index (κ1) is 15.3. The van der Waals surface area contributed by atoms with Crippen LogP contribution >= 0.6 is 0 Å². The minimum Gasteiger partial charge on any atom is -0.496 e. The van der Waals surface area contributed by atoms with E-state index in [4.69, 9.17) is 4.74 Å². The molecule has 20 heavy (non-hydrogen) atoms. The zero-order valence-electron chi connectivity index (χ0n) is 12.9. The lowest BCUT2D eigenvalue weighted by atomic mass is 10.1. The summed E-state index contributed by atoms with van der Waals surface area (Å²) in [5, 5.41) is 3.44. The number of likely N-dealkylation sites (N-methyl/N-ethyl adjacent to an activating group) is 2. The molecule has 0 aromatic heterocycles. The van der Waals surface area contributed by atoms with Crippen molar-refractivity contribution in [2.75, 3.05) is 53.9 Å². The van der Waals surface area contributed by atoms with Crippen LogP contribution in [0.15, 0.2) is 24.3 Å². The fourth-order valence-corrected chi connectivity index (χ4v) is 2.84. The predicted octanol–water partition coefficient (Wildman–Crippen LogP) is 1.59. The van der Waals surface area contributed by atoms with Crippen LogP contribution in [0.3, 0.4) is 0 Å². The van der Waals surface area contributed by atoms with E-state index in [0.717, 1.165) is 25.4 Å². The largest absolute Gasteiger partial charge is 0.496 e. The molecule has 1 saturated heterocycles. The SMILES string of the molecule is CNC(CN1CCCN(C)CC1)c1ccccc1OC. The molecule has 4 heteroatoms. The molecule has 1 atom stereocenters. The van der Waals surface area contributed by atoms with E-state index < -0.39 is 0 Å². The number of methoxy groups -OCH3 is 1. The van der Waals surface area contributed by atoms with Crippen LogP contribution in [0.2, 0.25) is 0 Å². The topological polar surface area (TPSA) is 27.7 Å². The maximum Gasteiger partial charge on any atom is 0.123 e. The number of nitrogens with one attached hydrogen (secondary N) is 1. The molecule has 1 aliphatic heterocycles. The van der Waals surface area contributed by atoms with Gasteiger partial charge in [0.1, 0.15) is 5.75 Å². The van der Waals surface area contributed by atoms with Gasteiger partial charge in [-0.3, -0.25) is 0 Å². The molecular weight excluding hydrogens is 250 g/mol. The number of rotatable bonds is 5. The molecule has 0 spiro atoms. The number of benzene rings is 1. The fraction of sp³-hybridized carbons (Fsp3) is 0.625. The first-order valence-corrected chi connectivity index (χ1v) is 7.45. The molecular formula is C16H27N3O. The summed E-state index contributed by atoms with van der Waals surface area (Å²) in [6, 6.07) is 8.61. The van der Waals surface area contributed by atoms with Gasteiger partial charge in [-0.15, -0.1) is 0 Å². The van der Waals surface area contributed by atoms with Crippen molar-refractivity contribution >= 4 is 0 Å². The van der Waals surface area contributed by atoms with E-state index in [1.165, 1.54) is 25.1 Å². The molecule has 4 nitrogen and oxygen atoms in total. The third-order valence-electron chi connectivity index (χ3n) is 4.12. The number of hydrogen-bond donors (Lipinski definition) is 1. The Morgan fingerprint density at radius 2 is 2.00 bits per heavy atom. The van der Waals surface area contributed by atoms with Crippen LogP contribution in [-0.4, -0.2) is 63.7 Å². The molecule has 0 bridgehead atoms. The quantitative estimate of drug-likeness (QED) is 0.884. The van der Waals surface area contributed by atoms with Gasteiger partial charge in [0.2, 0.25) is 0 Å². The van der Waals surface area contributed by atoms with Crippen molar-refractivity contribution in [3.8, 4) is 5.75 Å². The lowest BCUT2D eigenvalue weighted by Gasteiger charge is -2.27. The zero-order valence-corrected chi connectivity index (χ0v) is 12.9. The second-order valence-electron chi connectivity index (χ2n) is 5.54. The van der Waals surface area contributed by atoms with Crippen molar-refractivity contribution in [3.63, 3.8) is 0 Å². The fourth-order valence-electron chi connectivity index (χ4n) is 2.84. The number of hydrogen-bond acceptors (Lipinski definition) is 4. The zero-order chi connectivity index (χ0) is 14.4. The summed E-state index contributed by atoms with van der Waals surface area (Å²) < 4.78 is 5.49. The Hall–Kier alpha value is -1.10. The van der Waals surface area contributed by atoms with Crippen molar-refractivity contribution in [3.05, 3.63) is 29.8 Å². The van der Waals surface area contributed by atoms with Crippen molar-refractivity contribution in [1.82, 2.24) is 15.1 Å². The number of nitrogens with zero attached hydrogens (tertiary/aromatic N) is 2. The lowest BCUT2D eigenvalue weighted by Crippen LogP contribution is -2.36. The van der Waals surface area contributed by atoms with E-state index >= 15 is 0 Å². The Labute approximate surface area is 122 Å². The van der Waals surface area contributed by atoms with Crippen molar-refractivity contribution < 1.29 is 4.74 Å². The molecule has 1 fully saturated rings. The maximum atomic E-state index is 5.49. The van der Waals surface area contributed by atoms with E-state index in [2.05, 4.69) is 34.3 Å². The van der Waals surface area contributed by atoms with Gasteiger partial charge in [0.15, 0.2) is 0 Å². The smallest absolute Gasteiger partial charge is 0.123 e. The van der Waals surface area contributed by atoms with Gasteiger partial charge in [0.25, 0.3) is 0 Å². The second kappa shape index (κ2) is 7.62. The van der Waals surface area contributed by atoms with Gasteiger partial charge in [0, 0.05) is 31.2 Å². The van der Waals surface area contributed by atoms with E-state index in [0.29, 0.717) is 6.04 Å². The highest BCUT2D eigenvalue weighted by Gasteiger charge is 2.19. The van der Waals surface area contributed by atoms with Gasteiger partial charge in [-0.2, -0.15) is 0 Å². The van der Waals surface area contributed by atoms with Crippen molar-refractivity contribution in [2.24, 2.45) is 0 Å². The molecule has 0 aliphatic carbocycles. The summed E-state index contributed by atoms with van der Waals surface area (Å²) in [6.07, 6.45) is 1.25. The number of ether oxygens (including phenoxy) is 1. The molecule has 1 N–H and O–H groups in total. The molecule has 1 aromatic carbocycles. The molecule has 1 heterocycles. The first-order valence-electron chi connectivity index (χ1n) is 7.45. The summed E-state index contributed by atoms with van der Waals surface area (Å²) in [5.74, 6) is 0.971. The van der Waals surface area contributed by atoms with Crippen LogP contribution < -0.4 is 10.1 Å². The Bertz CT molecular complexity index is 410. The van der Waals surface area contributed by atoms with Gasteiger partial charge in [-0.05, 0) is 39.7 Å². The van der Waals surface area contributed by atoms with Gasteiger partial charge in [0.05, 0.1) is 7.11 Å². The van der Waals surface area contributed by atoms with Gasteiger partial charge in [-0.1, -0.05) is 18.2 Å². The minimum absolute atomic E-state index is 0.314. The summed E-state index contributed by atoms with van der Waals surface area (Å²) >= 11 is 0.